The summed E-state index contributed by atoms with van der Waals surface area (Å²) in [4.78, 5) is 28.6. The number of anilines is 1. The molecule has 3 aromatic carbocycles. The molecule has 0 unspecified atom stereocenters. The molecule has 1 atom stereocenters. The van der Waals surface area contributed by atoms with Crippen molar-refractivity contribution in [1.29, 1.82) is 0 Å². The first-order valence-corrected chi connectivity index (χ1v) is 14.2. The molecule has 0 aliphatic carbocycles. The maximum Gasteiger partial charge on any atom is 0.244 e. The minimum Gasteiger partial charge on any atom is -0.355 e. The summed E-state index contributed by atoms with van der Waals surface area (Å²) in [6, 6.07) is 22.5. The number of rotatable bonds is 11. The van der Waals surface area contributed by atoms with Gasteiger partial charge in [-0.3, -0.25) is 13.9 Å². The third-order valence-corrected chi connectivity index (χ3v) is 7.21. The summed E-state index contributed by atoms with van der Waals surface area (Å²) < 4.78 is 26.6. The number of amides is 2. The van der Waals surface area contributed by atoms with Crippen molar-refractivity contribution in [3.8, 4) is 0 Å². The molecule has 3 aromatic rings. The molecule has 0 saturated heterocycles. The van der Waals surface area contributed by atoms with Crippen LogP contribution in [0.2, 0.25) is 5.02 Å². The van der Waals surface area contributed by atoms with Crippen molar-refractivity contribution in [3.05, 3.63) is 101 Å². The van der Waals surface area contributed by atoms with Gasteiger partial charge in [-0.2, -0.15) is 0 Å². The molecule has 1 N–H and O–H groups in total. The maximum absolute atomic E-state index is 13.9. The van der Waals surface area contributed by atoms with Crippen LogP contribution >= 0.6 is 11.6 Å². The molecule has 37 heavy (non-hydrogen) atoms. The zero-order chi connectivity index (χ0) is 27.0. The van der Waals surface area contributed by atoms with E-state index in [4.69, 9.17) is 11.6 Å². The Labute approximate surface area is 224 Å². The van der Waals surface area contributed by atoms with E-state index in [1.807, 2.05) is 56.3 Å². The number of aryl methyl sites for hydroxylation is 1. The molecule has 0 saturated carbocycles. The van der Waals surface area contributed by atoms with Crippen LogP contribution < -0.4 is 9.62 Å². The van der Waals surface area contributed by atoms with E-state index in [9.17, 15) is 18.0 Å². The number of likely N-dealkylation sites (N-methyl/N-ethyl adjacent to an activating group) is 1. The molecule has 0 spiro atoms. The molecule has 0 heterocycles. The Morgan fingerprint density at radius 2 is 1.62 bits per heavy atom. The summed E-state index contributed by atoms with van der Waals surface area (Å²) >= 11 is 6.20. The Hall–Kier alpha value is -3.36. The lowest BCUT2D eigenvalue weighted by atomic mass is 10.0. The van der Waals surface area contributed by atoms with Crippen molar-refractivity contribution in [2.24, 2.45) is 0 Å². The van der Waals surface area contributed by atoms with Gasteiger partial charge in [0.2, 0.25) is 21.8 Å². The van der Waals surface area contributed by atoms with E-state index in [0.29, 0.717) is 17.3 Å². The van der Waals surface area contributed by atoms with E-state index < -0.39 is 28.5 Å². The molecule has 3 rings (SSSR count). The highest BCUT2D eigenvalue weighted by molar-refractivity contribution is 7.92. The number of sulfonamides is 1. The largest absolute Gasteiger partial charge is 0.355 e. The molecular weight excluding hydrogens is 510 g/mol. The summed E-state index contributed by atoms with van der Waals surface area (Å²) in [6.45, 7) is 3.68. The lowest BCUT2D eigenvalue weighted by molar-refractivity contribution is -0.140. The van der Waals surface area contributed by atoms with E-state index in [0.717, 1.165) is 27.3 Å². The molecule has 0 fully saturated rings. The molecule has 0 bridgehead atoms. The van der Waals surface area contributed by atoms with E-state index in [-0.39, 0.29) is 18.9 Å². The second kappa shape index (κ2) is 12.7. The highest BCUT2D eigenvalue weighted by Crippen LogP contribution is 2.22. The fourth-order valence-corrected chi connectivity index (χ4v) is 5.13. The standard InChI is InChI=1S/C28H32ClN3O4S/c1-4-30-28(34)26(18-22-11-6-5-7-12-22)31(19-23-13-9-14-24(29)17-23)27(33)20-32(37(3,35)36)25-15-8-10-21(2)16-25/h5-17,26H,4,18-20H2,1-3H3,(H,30,34)/t26-/m1/s1. The van der Waals surface area contributed by atoms with Gasteiger partial charge in [0, 0.05) is 24.5 Å². The van der Waals surface area contributed by atoms with E-state index in [1.54, 1.807) is 36.4 Å². The Kier molecular flexibility index (Phi) is 9.72. The number of nitrogens with zero attached hydrogens (tertiary/aromatic N) is 2. The van der Waals surface area contributed by atoms with Crippen LogP contribution in [0.3, 0.4) is 0 Å². The van der Waals surface area contributed by atoms with Crippen LogP contribution in [-0.2, 0) is 32.6 Å². The highest BCUT2D eigenvalue weighted by atomic mass is 35.5. The van der Waals surface area contributed by atoms with Crippen molar-refractivity contribution in [2.75, 3.05) is 23.7 Å². The van der Waals surface area contributed by atoms with Crippen LogP contribution in [0.5, 0.6) is 0 Å². The quantitative estimate of drug-likeness (QED) is 0.394. The van der Waals surface area contributed by atoms with Gasteiger partial charge in [-0.05, 0) is 54.8 Å². The van der Waals surface area contributed by atoms with Gasteiger partial charge in [-0.1, -0.05) is 66.2 Å². The van der Waals surface area contributed by atoms with Crippen molar-refractivity contribution in [3.63, 3.8) is 0 Å². The van der Waals surface area contributed by atoms with Gasteiger partial charge >= 0.3 is 0 Å². The van der Waals surface area contributed by atoms with Crippen LogP contribution in [0, 0.1) is 6.92 Å². The van der Waals surface area contributed by atoms with E-state index in [1.165, 1.54) is 4.90 Å². The van der Waals surface area contributed by atoms with Gasteiger partial charge < -0.3 is 10.2 Å². The van der Waals surface area contributed by atoms with Gasteiger partial charge in [-0.25, -0.2) is 8.42 Å². The van der Waals surface area contributed by atoms with Crippen molar-refractivity contribution in [2.45, 2.75) is 32.9 Å². The Balaban J connectivity index is 2.04. The molecular formula is C28H32ClN3O4S. The molecule has 0 aliphatic heterocycles. The van der Waals surface area contributed by atoms with E-state index in [2.05, 4.69) is 5.32 Å². The zero-order valence-corrected chi connectivity index (χ0v) is 22.8. The normalized spacial score (nSPS) is 12.0. The summed E-state index contributed by atoms with van der Waals surface area (Å²) in [5, 5.41) is 3.33. The SMILES string of the molecule is CCNC(=O)[C@@H](Cc1ccccc1)N(Cc1cccc(Cl)c1)C(=O)CN(c1cccc(C)c1)S(C)(=O)=O. The fourth-order valence-electron chi connectivity index (χ4n) is 4.07. The predicted molar refractivity (Wildman–Crippen MR) is 148 cm³/mol. The Morgan fingerprint density at radius 1 is 0.946 bits per heavy atom. The second-order valence-corrected chi connectivity index (χ2v) is 11.2. The van der Waals surface area contributed by atoms with Crippen molar-refractivity contribution < 1.29 is 18.0 Å². The van der Waals surface area contributed by atoms with Gasteiger partial charge in [0.15, 0.2) is 0 Å². The number of carbonyl (C=O) groups excluding carboxylic acids is 2. The molecule has 9 heteroatoms. The van der Waals surface area contributed by atoms with Gasteiger partial charge in [0.05, 0.1) is 11.9 Å². The number of benzene rings is 3. The van der Waals surface area contributed by atoms with E-state index >= 15 is 0 Å². The molecule has 196 valence electrons. The summed E-state index contributed by atoms with van der Waals surface area (Å²) in [6.07, 6.45) is 1.33. The first kappa shape index (κ1) is 28.2. The number of hydrogen-bond donors (Lipinski definition) is 1. The highest BCUT2D eigenvalue weighted by Gasteiger charge is 2.32. The first-order chi connectivity index (χ1) is 17.6. The number of hydrogen-bond acceptors (Lipinski definition) is 4. The van der Waals surface area contributed by atoms with Crippen LogP contribution in [0.25, 0.3) is 0 Å². The number of carbonyl (C=O) groups is 2. The summed E-state index contributed by atoms with van der Waals surface area (Å²) in [5.41, 5.74) is 2.85. The summed E-state index contributed by atoms with van der Waals surface area (Å²) in [7, 11) is -3.79. The third kappa shape index (κ3) is 8.06. The van der Waals surface area contributed by atoms with Crippen LogP contribution in [-0.4, -0.2) is 50.5 Å². The third-order valence-electron chi connectivity index (χ3n) is 5.83. The van der Waals surface area contributed by atoms with Gasteiger partial charge in [-0.15, -0.1) is 0 Å². The van der Waals surface area contributed by atoms with Crippen molar-refractivity contribution >= 4 is 39.1 Å². The predicted octanol–water partition coefficient (Wildman–Crippen LogP) is 4.19. The molecule has 2 amide bonds. The molecule has 0 aromatic heterocycles. The average Bonchev–Trinajstić information content (AvgIpc) is 2.84. The minimum absolute atomic E-state index is 0.0828. The Bertz CT molecular complexity index is 1330. The number of halogens is 1. The lowest BCUT2D eigenvalue weighted by Gasteiger charge is -2.33. The molecule has 0 radical (unpaired) electrons. The minimum atomic E-state index is -3.79. The van der Waals surface area contributed by atoms with Gasteiger partial charge in [0.1, 0.15) is 12.6 Å². The summed E-state index contributed by atoms with van der Waals surface area (Å²) in [5.74, 6) is -0.817. The maximum atomic E-state index is 13.9. The molecule has 0 aliphatic rings. The van der Waals surface area contributed by atoms with Crippen LogP contribution in [0.15, 0.2) is 78.9 Å². The Morgan fingerprint density at radius 3 is 2.24 bits per heavy atom. The fraction of sp³-hybridized carbons (Fsp3) is 0.286. The monoisotopic (exact) mass is 541 g/mol. The lowest BCUT2D eigenvalue weighted by Crippen LogP contribution is -2.53. The topological polar surface area (TPSA) is 86.8 Å². The van der Waals surface area contributed by atoms with Crippen molar-refractivity contribution in [1.82, 2.24) is 10.2 Å². The number of nitrogens with one attached hydrogen (secondary N) is 1. The van der Waals surface area contributed by atoms with Crippen LogP contribution in [0.4, 0.5) is 5.69 Å². The van der Waals surface area contributed by atoms with Crippen LogP contribution in [0.1, 0.15) is 23.6 Å². The second-order valence-electron chi connectivity index (χ2n) is 8.86. The molecule has 7 nitrogen and oxygen atoms in total. The first-order valence-electron chi connectivity index (χ1n) is 12.0. The average molecular weight is 542 g/mol. The smallest absolute Gasteiger partial charge is 0.244 e. The van der Waals surface area contributed by atoms with Gasteiger partial charge in [0.25, 0.3) is 0 Å². The zero-order valence-electron chi connectivity index (χ0n) is 21.2.